The van der Waals surface area contributed by atoms with E-state index < -0.39 is 0 Å². The van der Waals surface area contributed by atoms with Gasteiger partial charge in [-0.1, -0.05) is 20.8 Å². The molecule has 2 aliphatic heterocycles. The number of methoxy groups -OCH3 is 1. The number of piperidine rings is 1. The standard InChI is InChI=1S/C23H34N2O4/c1-23(2,3)13-17-14-25-7-6-16-10-22(29-9-8-28-15-24-4)21(27-5)11-18(16)19(25)12-20(17)26/h10-11,17,19-20,26H,6-9,12-15H2,1-3,5H3/t17-,19-,20-/m1/s1. The molecule has 0 saturated carbocycles. The number of aliphatic hydroxyl groups excluding tert-OH is 1. The molecule has 1 saturated heterocycles. The minimum atomic E-state index is -0.275. The van der Waals surface area contributed by atoms with E-state index >= 15 is 0 Å². The van der Waals surface area contributed by atoms with Crippen LogP contribution in [-0.2, 0) is 11.2 Å². The summed E-state index contributed by atoms with van der Waals surface area (Å²) < 4.78 is 16.6. The summed E-state index contributed by atoms with van der Waals surface area (Å²) in [6.45, 7) is 16.2. The van der Waals surface area contributed by atoms with Gasteiger partial charge >= 0.3 is 6.73 Å². The van der Waals surface area contributed by atoms with E-state index in [9.17, 15) is 5.11 Å². The Balaban J connectivity index is 1.73. The number of nitrogens with zero attached hydrogens (tertiary/aromatic N) is 2. The van der Waals surface area contributed by atoms with Crippen molar-refractivity contribution >= 4 is 0 Å². The van der Waals surface area contributed by atoms with Crippen molar-refractivity contribution in [1.29, 1.82) is 0 Å². The topological polar surface area (TPSA) is 55.5 Å². The van der Waals surface area contributed by atoms with E-state index in [2.05, 4.69) is 42.6 Å². The third-order valence-corrected chi connectivity index (χ3v) is 5.89. The van der Waals surface area contributed by atoms with Crippen LogP contribution in [0.15, 0.2) is 12.1 Å². The fraction of sp³-hybridized carbons (Fsp3) is 0.696. The van der Waals surface area contributed by atoms with Crippen molar-refractivity contribution in [1.82, 2.24) is 4.90 Å². The molecule has 0 aliphatic carbocycles. The largest absolute Gasteiger partial charge is 0.493 e. The Hall–Kier alpha value is -1.81. The van der Waals surface area contributed by atoms with Crippen molar-refractivity contribution < 1.29 is 19.3 Å². The molecule has 0 spiro atoms. The van der Waals surface area contributed by atoms with E-state index in [4.69, 9.17) is 20.8 Å². The molecule has 1 fully saturated rings. The first-order valence-electron chi connectivity index (χ1n) is 10.5. The lowest BCUT2D eigenvalue weighted by atomic mass is 9.75. The van der Waals surface area contributed by atoms with E-state index in [0.717, 1.165) is 32.4 Å². The van der Waals surface area contributed by atoms with Crippen molar-refractivity contribution in [3.63, 3.8) is 0 Å². The Labute approximate surface area is 174 Å². The van der Waals surface area contributed by atoms with E-state index in [-0.39, 0.29) is 24.3 Å². The number of aliphatic hydroxyl groups is 1. The van der Waals surface area contributed by atoms with Crippen LogP contribution in [0.3, 0.4) is 0 Å². The van der Waals surface area contributed by atoms with Crippen molar-refractivity contribution in [3.8, 4) is 11.5 Å². The highest BCUT2D eigenvalue weighted by atomic mass is 16.5. The van der Waals surface area contributed by atoms with Crippen LogP contribution in [0, 0.1) is 17.9 Å². The molecule has 0 radical (unpaired) electrons. The maximum Gasteiger partial charge on any atom is 0.318 e. The summed E-state index contributed by atoms with van der Waals surface area (Å²) >= 11 is 0. The Morgan fingerprint density at radius 1 is 1.24 bits per heavy atom. The predicted molar refractivity (Wildman–Crippen MR) is 112 cm³/mol. The lowest BCUT2D eigenvalue weighted by molar-refractivity contribution is -0.0259. The van der Waals surface area contributed by atoms with Crippen LogP contribution in [0.25, 0.3) is 4.85 Å². The average Bonchev–Trinajstić information content (AvgIpc) is 2.67. The number of benzene rings is 1. The molecule has 2 heterocycles. The van der Waals surface area contributed by atoms with Crippen LogP contribution < -0.4 is 9.47 Å². The molecule has 0 unspecified atom stereocenters. The summed E-state index contributed by atoms with van der Waals surface area (Å²) in [6, 6.07) is 4.39. The second-order valence-electron chi connectivity index (χ2n) is 9.33. The minimum Gasteiger partial charge on any atom is -0.493 e. The Morgan fingerprint density at radius 3 is 2.72 bits per heavy atom. The number of ether oxygens (including phenoxy) is 3. The van der Waals surface area contributed by atoms with Crippen molar-refractivity contribution in [2.24, 2.45) is 11.3 Å². The fourth-order valence-corrected chi connectivity index (χ4v) is 4.68. The summed E-state index contributed by atoms with van der Waals surface area (Å²) in [4.78, 5) is 5.69. The van der Waals surface area contributed by atoms with Gasteiger partial charge in [-0.3, -0.25) is 9.74 Å². The first-order valence-corrected chi connectivity index (χ1v) is 10.5. The maximum absolute atomic E-state index is 10.8. The second-order valence-corrected chi connectivity index (χ2v) is 9.33. The van der Waals surface area contributed by atoms with Gasteiger partial charge in [-0.2, -0.15) is 0 Å². The smallest absolute Gasteiger partial charge is 0.318 e. The molecule has 1 aromatic rings. The molecule has 6 nitrogen and oxygen atoms in total. The van der Waals surface area contributed by atoms with Crippen molar-refractivity contribution in [3.05, 3.63) is 34.7 Å². The molecule has 6 heteroatoms. The highest BCUT2D eigenvalue weighted by Gasteiger charge is 2.39. The second kappa shape index (κ2) is 9.34. The van der Waals surface area contributed by atoms with Gasteiger partial charge in [0.05, 0.1) is 19.8 Å². The highest BCUT2D eigenvalue weighted by Crippen LogP contribution is 2.44. The third kappa shape index (κ3) is 5.42. The number of hydrogen-bond donors (Lipinski definition) is 1. The number of fused-ring (bicyclic) bond motifs is 3. The van der Waals surface area contributed by atoms with Crippen LogP contribution in [0.2, 0.25) is 0 Å². The molecule has 0 bridgehead atoms. The zero-order valence-electron chi connectivity index (χ0n) is 18.1. The molecule has 0 aromatic heterocycles. The highest BCUT2D eigenvalue weighted by molar-refractivity contribution is 5.49. The normalized spacial score (nSPS) is 24.3. The Morgan fingerprint density at radius 2 is 2.03 bits per heavy atom. The summed E-state index contributed by atoms with van der Waals surface area (Å²) in [7, 11) is 1.65. The van der Waals surface area contributed by atoms with Crippen LogP contribution in [0.5, 0.6) is 11.5 Å². The van der Waals surface area contributed by atoms with Gasteiger partial charge in [-0.25, -0.2) is 6.57 Å². The SMILES string of the molecule is [C-]#[N+]COCCOc1cc2c(cc1OC)[C@H]1C[C@@H](O)[C@H](CC(C)(C)C)CN1CC2. The van der Waals surface area contributed by atoms with Gasteiger partial charge in [0.25, 0.3) is 0 Å². The fourth-order valence-electron chi connectivity index (χ4n) is 4.68. The molecular formula is C23H34N2O4. The van der Waals surface area contributed by atoms with Gasteiger partial charge in [0.15, 0.2) is 11.5 Å². The van der Waals surface area contributed by atoms with Crippen molar-refractivity contribution in [2.75, 3.05) is 40.1 Å². The Bertz CT molecular complexity index is 738. The zero-order valence-corrected chi connectivity index (χ0v) is 18.1. The predicted octanol–water partition coefficient (Wildman–Crippen LogP) is 3.68. The zero-order chi connectivity index (χ0) is 21.0. The molecule has 3 rings (SSSR count). The van der Waals surface area contributed by atoms with Crippen LogP contribution in [-0.4, -0.2) is 56.3 Å². The molecule has 2 aliphatic rings. The lowest BCUT2D eigenvalue weighted by Crippen LogP contribution is -2.48. The number of hydrogen-bond acceptors (Lipinski definition) is 5. The molecule has 0 amide bonds. The third-order valence-electron chi connectivity index (χ3n) is 5.89. The monoisotopic (exact) mass is 402 g/mol. The summed E-state index contributed by atoms with van der Waals surface area (Å²) in [5, 5.41) is 10.8. The van der Waals surface area contributed by atoms with Gasteiger partial charge in [-0.05, 0) is 53.9 Å². The van der Waals surface area contributed by atoms with E-state index in [1.807, 2.05) is 0 Å². The van der Waals surface area contributed by atoms with Crippen LogP contribution >= 0.6 is 0 Å². The van der Waals surface area contributed by atoms with E-state index in [0.29, 0.717) is 30.6 Å². The molecule has 160 valence electrons. The quantitative estimate of drug-likeness (QED) is 0.557. The molecule has 29 heavy (non-hydrogen) atoms. The van der Waals surface area contributed by atoms with E-state index in [1.54, 1.807) is 7.11 Å². The van der Waals surface area contributed by atoms with E-state index in [1.165, 1.54) is 11.1 Å². The average molecular weight is 403 g/mol. The number of rotatable bonds is 7. The molecule has 1 aromatic carbocycles. The molecule has 1 N–H and O–H groups in total. The van der Waals surface area contributed by atoms with Gasteiger partial charge in [0.2, 0.25) is 0 Å². The van der Waals surface area contributed by atoms with Gasteiger partial charge in [-0.15, -0.1) is 0 Å². The van der Waals surface area contributed by atoms with Crippen LogP contribution in [0.4, 0.5) is 0 Å². The van der Waals surface area contributed by atoms with Crippen LogP contribution in [0.1, 0.15) is 50.8 Å². The summed E-state index contributed by atoms with van der Waals surface area (Å²) in [5.74, 6) is 1.75. The van der Waals surface area contributed by atoms with Gasteiger partial charge < -0.3 is 19.3 Å². The van der Waals surface area contributed by atoms with Gasteiger partial charge in [0.1, 0.15) is 6.61 Å². The molecular weight excluding hydrogens is 368 g/mol. The lowest BCUT2D eigenvalue weighted by Gasteiger charge is -2.47. The summed E-state index contributed by atoms with van der Waals surface area (Å²) in [6.07, 6.45) is 2.50. The summed E-state index contributed by atoms with van der Waals surface area (Å²) in [5.41, 5.74) is 2.74. The van der Waals surface area contributed by atoms with Gasteiger partial charge in [0, 0.05) is 19.1 Å². The first kappa shape index (κ1) is 21.9. The van der Waals surface area contributed by atoms with Crippen molar-refractivity contribution in [2.45, 2.75) is 52.2 Å². The first-order chi connectivity index (χ1) is 13.8. The molecule has 3 atom stereocenters. The maximum atomic E-state index is 10.8. The Kier molecular flexibility index (Phi) is 7.05. The minimum absolute atomic E-state index is 0.0563.